The number of hydrogen-bond donors (Lipinski definition) is 1. The van der Waals surface area contributed by atoms with Crippen molar-refractivity contribution in [2.24, 2.45) is 0 Å². The van der Waals surface area contributed by atoms with Crippen LogP contribution in [0.5, 0.6) is 0 Å². The van der Waals surface area contributed by atoms with E-state index in [-0.39, 0.29) is 29.0 Å². The van der Waals surface area contributed by atoms with Crippen molar-refractivity contribution in [3.63, 3.8) is 0 Å². The number of esters is 1. The number of nitrogens with one attached hydrogen (secondary N) is 1. The van der Waals surface area contributed by atoms with Crippen molar-refractivity contribution in [1.82, 2.24) is 4.90 Å². The number of unbranched alkanes of at least 4 members (excludes halogenated alkanes) is 1. The fourth-order valence-electron chi connectivity index (χ4n) is 3.36. The third kappa shape index (κ3) is 5.51. The lowest BCUT2D eigenvalue weighted by molar-refractivity contribution is -0.136. The molecule has 158 valence electrons. The summed E-state index contributed by atoms with van der Waals surface area (Å²) in [6, 6.07) is 4.49. The van der Waals surface area contributed by atoms with Crippen LogP contribution in [0.15, 0.2) is 23.1 Å². The Labute approximate surface area is 174 Å². The predicted molar refractivity (Wildman–Crippen MR) is 110 cm³/mol. The smallest absolute Gasteiger partial charge is 0.338 e. The van der Waals surface area contributed by atoms with E-state index in [2.05, 4.69) is 5.32 Å². The number of fused-ring (bicyclic) bond motifs is 1. The molecular formula is C19H24N2O6S2. The Balaban J connectivity index is 1.62. The highest BCUT2D eigenvalue weighted by molar-refractivity contribution is 8.00. The number of sulfone groups is 1. The van der Waals surface area contributed by atoms with Crippen LogP contribution in [-0.4, -0.2) is 67.6 Å². The van der Waals surface area contributed by atoms with Gasteiger partial charge in [-0.2, -0.15) is 0 Å². The molecule has 0 spiro atoms. The summed E-state index contributed by atoms with van der Waals surface area (Å²) in [4.78, 5) is 38.9. The first kappa shape index (κ1) is 21.6. The highest BCUT2D eigenvalue weighted by Gasteiger charge is 2.34. The Morgan fingerprint density at radius 3 is 2.83 bits per heavy atom. The number of thioether (sulfide) groups is 1. The van der Waals surface area contributed by atoms with Gasteiger partial charge >= 0.3 is 5.97 Å². The summed E-state index contributed by atoms with van der Waals surface area (Å²) in [7, 11) is -3.12. The molecule has 1 aromatic rings. The molecule has 0 bridgehead atoms. The normalized spacial score (nSPS) is 19.9. The number of amides is 2. The Kier molecular flexibility index (Phi) is 6.84. The highest BCUT2D eigenvalue weighted by atomic mass is 32.2. The summed E-state index contributed by atoms with van der Waals surface area (Å²) in [5.74, 6) is -0.835. The van der Waals surface area contributed by atoms with Gasteiger partial charge in [0.05, 0.1) is 28.5 Å². The average molecular weight is 441 g/mol. The zero-order valence-corrected chi connectivity index (χ0v) is 17.8. The van der Waals surface area contributed by atoms with Crippen LogP contribution in [0.4, 0.5) is 5.69 Å². The van der Waals surface area contributed by atoms with Crippen molar-refractivity contribution in [1.29, 1.82) is 0 Å². The van der Waals surface area contributed by atoms with Gasteiger partial charge in [-0.15, -0.1) is 11.8 Å². The molecule has 2 amide bonds. The zero-order chi connectivity index (χ0) is 21.0. The van der Waals surface area contributed by atoms with Gasteiger partial charge in [0.2, 0.25) is 5.91 Å². The molecule has 3 rings (SSSR count). The van der Waals surface area contributed by atoms with Gasteiger partial charge in [-0.3, -0.25) is 9.59 Å². The summed E-state index contributed by atoms with van der Waals surface area (Å²) >= 11 is 1.39. The standard InChI is InChI=1S/C19H24N2O6S2/c1-2-3-7-21(14-6-8-29(25,26)12-14)18(23)10-27-19(24)13-4-5-16-15(9-13)20-17(22)11-28-16/h4-5,9,14H,2-3,6-8,10-12H2,1H3,(H,20,22). The van der Waals surface area contributed by atoms with E-state index in [0.717, 1.165) is 17.7 Å². The first-order valence-corrected chi connectivity index (χ1v) is 12.3. The molecule has 1 aromatic carbocycles. The second-order valence-corrected chi connectivity index (χ2v) is 10.4. The summed E-state index contributed by atoms with van der Waals surface area (Å²) in [6.45, 7) is 1.98. The molecule has 0 aliphatic carbocycles. The van der Waals surface area contributed by atoms with E-state index in [1.807, 2.05) is 6.92 Å². The number of rotatable bonds is 7. The SMILES string of the molecule is CCCCN(C(=O)COC(=O)c1ccc2c(c1)NC(=O)CS2)C1CCS(=O)(=O)C1. The molecule has 29 heavy (non-hydrogen) atoms. The maximum atomic E-state index is 12.7. The van der Waals surface area contributed by atoms with Crippen LogP contribution < -0.4 is 5.32 Å². The Bertz CT molecular complexity index is 915. The molecule has 1 saturated heterocycles. The second kappa shape index (κ2) is 9.17. The number of benzene rings is 1. The zero-order valence-electron chi connectivity index (χ0n) is 16.2. The predicted octanol–water partition coefficient (Wildman–Crippen LogP) is 1.70. The number of anilines is 1. The van der Waals surface area contributed by atoms with E-state index in [9.17, 15) is 22.8 Å². The van der Waals surface area contributed by atoms with E-state index in [0.29, 0.717) is 24.4 Å². The number of hydrogen-bond acceptors (Lipinski definition) is 7. The molecule has 1 fully saturated rings. The minimum Gasteiger partial charge on any atom is -0.452 e. The average Bonchev–Trinajstić information content (AvgIpc) is 3.05. The first-order valence-electron chi connectivity index (χ1n) is 9.53. The second-order valence-electron chi connectivity index (χ2n) is 7.12. The van der Waals surface area contributed by atoms with Gasteiger partial charge in [0.1, 0.15) is 0 Å². The molecule has 0 radical (unpaired) electrons. The van der Waals surface area contributed by atoms with Crippen LogP contribution in [0.25, 0.3) is 0 Å². The Morgan fingerprint density at radius 2 is 2.14 bits per heavy atom. The lowest BCUT2D eigenvalue weighted by atomic mass is 10.2. The molecule has 1 unspecified atom stereocenters. The fourth-order valence-corrected chi connectivity index (χ4v) is 5.88. The molecule has 0 saturated carbocycles. The van der Waals surface area contributed by atoms with Gasteiger partial charge in [-0.1, -0.05) is 13.3 Å². The molecular weight excluding hydrogens is 416 g/mol. The van der Waals surface area contributed by atoms with E-state index in [4.69, 9.17) is 4.74 Å². The van der Waals surface area contributed by atoms with Crippen LogP contribution in [0, 0.1) is 0 Å². The fraction of sp³-hybridized carbons (Fsp3) is 0.526. The molecule has 0 aromatic heterocycles. The maximum Gasteiger partial charge on any atom is 0.338 e. The molecule has 1 atom stereocenters. The third-order valence-electron chi connectivity index (χ3n) is 4.90. The van der Waals surface area contributed by atoms with Gasteiger partial charge in [-0.25, -0.2) is 13.2 Å². The minimum atomic E-state index is -3.12. The lowest BCUT2D eigenvalue weighted by Crippen LogP contribution is -2.43. The van der Waals surface area contributed by atoms with E-state index >= 15 is 0 Å². The summed E-state index contributed by atoms with van der Waals surface area (Å²) in [5, 5.41) is 2.71. The van der Waals surface area contributed by atoms with Crippen molar-refractivity contribution in [3.05, 3.63) is 23.8 Å². The molecule has 2 aliphatic heterocycles. The number of ether oxygens (including phenoxy) is 1. The van der Waals surface area contributed by atoms with E-state index in [1.54, 1.807) is 12.1 Å². The monoisotopic (exact) mass is 440 g/mol. The number of carbonyl (C=O) groups excluding carboxylic acids is 3. The summed E-state index contributed by atoms with van der Waals surface area (Å²) in [6.07, 6.45) is 2.02. The van der Waals surface area contributed by atoms with Crippen LogP contribution in [0.1, 0.15) is 36.5 Å². The van der Waals surface area contributed by atoms with Crippen LogP contribution >= 0.6 is 11.8 Å². The molecule has 2 aliphatic rings. The first-order chi connectivity index (χ1) is 13.8. The van der Waals surface area contributed by atoms with Gasteiger partial charge in [-0.05, 0) is 31.0 Å². The minimum absolute atomic E-state index is 0.0431. The van der Waals surface area contributed by atoms with Crippen molar-refractivity contribution in [3.8, 4) is 0 Å². The molecule has 8 nitrogen and oxygen atoms in total. The van der Waals surface area contributed by atoms with Crippen molar-refractivity contribution in [2.75, 3.05) is 35.7 Å². The number of carbonyl (C=O) groups is 3. The quantitative estimate of drug-likeness (QED) is 0.643. The molecule has 1 N–H and O–H groups in total. The summed E-state index contributed by atoms with van der Waals surface area (Å²) in [5.41, 5.74) is 0.788. The van der Waals surface area contributed by atoms with Gasteiger partial charge in [0.15, 0.2) is 16.4 Å². The Hall–Kier alpha value is -2.07. The van der Waals surface area contributed by atoms with E-state index < -0.39 is 28.3 Å². The van der Waals surface area contributed by atoms with Gasteiger partial charge < -0.3 is 15.0 Å². The van der Waals surface area contributed by atoms with Crippen LogP contribution in [-0.2, 0) is 24.2 Å². The van der Waals surface area contributed by atoms with Gasteiger partial charge in [0, 0.05) is 17.5 Å². The lowest BCUT2D eigenvalue weighted by Gasteiger charge is -2.28. The maximum absolute atomic E-state index is 12.7. The summed E-state index contributed by atoms with van der Waals surface area (Å²) < 4.78 is 28.7. The molecule has 2 heterocycles. The topological polar surface area (TPSA) is 110 Å². The van der Waals surface area contributed by atoms with Gasteiger partial charge in [0.25, 0.3) is 5.91 Å². The Morgan fingerprint density at radius 1 is 1.34 bits per heavy atom. The van der Waals surface area contributed by atoms with Crippen LogP contribution in [0.3, 0.4) is 0 Å². The number of nitrogens with zero attached hydrogens (tertiary/aromatic N) is 1. The van der Waals surface area contributed by atoms with Crippen LogP contribution in [0.2, 0.25) is 0 Å². The largest absolute Gasteiger partial charge is 0.452 e. The van der Waals surface area contributed by atoms with E-state index in [1.165, 1.54) is 22.7 Å². The molecule has 10 heteroatoms. The van der Waals surface area contributed by atoms with Crippen molar-refractivity contribution in [2.45, 2.75) is 37.1 Å². The third-order valence-corrected chi connectivity index (χ3v) is 7.72. The van der Waals surface area contributed by atoms with Crippen molar-refractivity contribution >= 4 is 45.1 Å². The van der Waals surface area contributed by atoms with Crippen molar-refractivity contribution < 1.29 is 27.5 Å². The highest BCUT2D eigenvalue weighted by Crippen LogP contribution is 2.32.